The van der Waals surface area contributed by atoms with Gasteiger partial charge in [0.15, 0.2) is 5.16 Å². The van der Waals surface area contributed by atoms with Crippen LogP contribution in [-0.4, -0.2) is 19.7 Å². The molecule has 1 N–H and O–H groups in total. The summed E-state index contributed by atoms with van der Waals surface area (Å²) in [5.41, 5.74) is 2.77. The van der Waals surface area contributed by atoms with Gasteiger partial charge in [-0.3, -0.25) is 9.55 Å². The predicted molar refractivity (Wildman–Crippen MR) is 105 cm³/mol. The van der Waals surface area contributed by atoms with Crippen LogP contribution in [0.3, 0.4) is 0 Å². The minimum atomic E-state index is -0.213. The van der Waals surface area contributed by atoms with Gasteiger partial charge < -0.3 is 0 Å². The van der Waals surface area contributed by atoms with E-state index in [2.05, 4.69) is 15.2 Å². The Bertz CT molecular complexity index is 1110. The molecule has 0 unspecified atom stereocenters. The molecule has 2 aromatic carbocycles. The number of thioether (sulfide) groups is 1. The zero-order valence-electron chi connectivity index (χ0n) is 13.7. The fourth-order valence-electron chi connectivity index (χ4n) is 2.77. The third-order valence-electron chi connectivity index (χ3n) is 4.06. The first kappa shape index (κ1) is 16.9. The van der Waals surface area contributed by atoms with Crippen LogP contribution >= 0.6 is 23.4 Å². The number of aromatic amines is 1. The Labute approximate surface area is 159 Å². The van der Waals surface area contributed by atoms with Crippen molar-refractivity contribution in [2.75, 3.05) is 0 Å². The number of H-pyrrole nitrogens is 1. The van der Waals surface area contributed by atoms with Crippen molar-refractivity contribution in [1.82, 2.24) is 19.7 Å². The van der Waals surface area contributed by atoms with Gasteiger partial charge in [-0.1, -0.05) is 59.8 Å². The van der Waals surface area contributed by atoms with E-state index >= 15 is 0 Å². The van der Waals surface area contributed by atoms with E-state index in [1.165, 1.54) is 11.8 Å². The van der Waals surface area contributed by atoms with E-state index in [4.69, 9.17) is 11.6 Å². The molecular formula is C19H15ClN4OS. The molecule has 0 saturated carbocycles. The number of nitrogens with zero attached hydrogens (tertiary/aromatic N) is 3. The fourth-order valence-corrected chi connectivity index (χ4v) is 3.92. The molecule has 0 amide bonds. The van der Waals surface area contributed by atoms with Gasteiger partial charge in [0.05, 0.1) is 12.1 Å². The van der Waals surface area contributed by atoms with Crippen LogP contribution in [-0.2, 0) is 12.3 Å². The SMILES string of the molecule is O=c1[nH]nc(SCc2ccc(Cl)c3cccnc23)n1Cc1ccccc1. The number of halogens is 1. The van der Waals surface area contributed by atoms with Gasteiger partial charge in [0.1, 0.15) is 0 Å². The van der Waals surface area contributed by atoms with E-state index in [-0.39, 0.29) is 5.69 Å². The monoisotopic (exact) mass is 382 g/mol. The molecule has 130 valence electrons. The maximum absolute atomic E-state index is 12.1. The number of nitrogens with one attached hydrogen (secondary N) is 1. The van der Waals surface area contributed by atoms with E-state index < -0.39 is 0 Å². The Balaban J connectivity index is 1.60. The Hall–Kier alpha value is -2.57. The maximum Gasteiger partial charge on any atom is 0.344 e. The summed E-state index contributed by atoms with van der Waals surface area (Å²) in [4.78, 5) is 16.6. The summed E-state index contributed by atoms with van der Waals surface area (Å²) >= 11 is 7.75. The highest BCUT2D eigenvalue weighted by molar-refractivity contribution is 7.98. The third kappa shape index (κ3) is 3.38. The molecule has 0 aliphatic carbocycles. The number of hydrogen-bond donors (Lipinski definition) is 1. The van der Waals surface area contributed by atoms with Gasteiger partial charge in [-0.2, -0.15) is 0 Å². The smallest absolute Gasteiger partial charge is 0.266 e. The number of hydrogen-bond acceptors (Lipinski definition) is 4. The first-order valence-electron chi connectivity index (χ1n) is 8.06. The molecule has 0 fully saturated rings. The second-order valence-corrected chi connectivity index (χ2v) is 7.13. The number of fused-ring (bicyclic) bond motifs is 1. The minimum Gasteiger partial charge on any atom is -0.266 e. The van der Waals surface area contributed by atoms with Crippen LogP contribution in [0.25, 0.3) is 10.9 Å². The topological polar surface area (TPSA) is 63.6 Å². The molecule has 0 saturated heterocycles. The molecular weight excluding hydrogens is 368 g/mol. The van der Waals surface area contributed by atoms with Crippen LogP contribution in [0.2, 0.25) is 5.02 Å². The van der Waals surface area contributed by atoms with E-state index in [0.29, 0.717) is 22.5 Å². The fraction of sp³-hybridized carbons (Fsp3) is 0.105. The van der Waals surface area contributed by atoms with Crippen LogP contribution in [0.1, 0.15) is 11.1 Å². The molecule has 4 aromatic rings. The van der Waals surface area contributed by atoms with Crippen molar-refractivity contribution in [3.05, 3.63) is 87.4 Å². The van der Waals surface area contributed by atoms with Crippen molar-refractivity contribution in [3.8, 4) is 0 Å². The summed E-state index contributed by atoms with van der Waals surface area (Å²) in [5.74, 6) is 0.643. The quantitative estimate of drug-likeness (QED) is 0.527. The van der Waals surface area contributed by atoms with E-state index in [1.807, 2.05) is 54.6 Å². The molecule has 0 aliphatic heterocycles. The highest BCUT2D eigenvalue weighted by Gasteiger charge is 2.12. The maximum atomic E-state index is 12.1. The van der Waals surface area contributed by atoms with Gasteiger partial charge in [0.2, 0.25) is 0 Å². The van der Waals surface area contributed by atoms with Gasteiger partial charge in [-0.25, -0.2) is 9.89 Å². The van der Waals surface area contributed by atoms with Gasteiger partial charge in [-0.15, -0.1) is 5.10 Å². The number of pyridine rings is 1. The first-order chi connectivity index (χ1) is 12.7. The Morgan fingerprint density at radius 3 is 2.77 bits per heavy atom. The summed E-state index contributed by atoms with van der Waals surface area (Å²) < 4.78 is 1.64. The summed E-state index contributed by atoms with van der Waals surface area (Å²) in [6.07, 6.45) is 1.76. The lowest BCUT2D eigenvalue weighted by Gasteiger charge is -2.08. The summed E-state index contributed by atoms with van der Waals surface area (Å²) in [7, 11) is 0. The molecule has 4 rings (SSSR count). The van der Waals surface area contributed by atoms with Gasteiger partial charge >= 0.3 is 5.69 Å². The molecule has 0 aliphatic rings. The average Bonchev–Trinajstić information content (AvgIpc) is 3.02. The zero-order chi connectivity index (χ0) is 17.9. The number of rotatable bonds is 5. The molecule has 0 spiro atoms. The van der Waals surface area contributed by atoms with E-state index in [0.717, 1.165) is 22.0 Å². The molecule has 26 heavy (non-hydrogen) atoms. The Morgan fingerprint density at radius 1 is 1.08 bits per heavy atom. The van der Waals surface area contributed by atoms with Crippen molar-refractivity contribution in [2.24, 2.45) is 0 Å². The summed E-state index contributed by atoms with van der Waals surface area (Å²) in [5, 5.41) is 8.97. The van der Waals surface area contributed by atoms with Crippen LogP contribution in [0.5, 0.6) is 0 Å². The zero-order valence-corrected chi connectivity index (χ0v) is 15.3. The van der Waals surface area contributed by atoms with E-state index in [1.54, 1.807) is 10.8 Å². The molecule has 2 heterocycles. The largest absolute Gasteiger partial charge is 0.344 e. The van der Waals surface area contributed by atoms with Crippen LogP contribution in [0.4, 0.5) is 0 Å². The van der Waals surface area contributed by atoms with Crippen molar-refractivity contribution in [2.45, 2.75) is 17.5 Å². The predicted octanol–water partition coefficient (Wildman–Crippen LogP) is 4.11. The Morgan fingerprint density at radius 2 is 1.92 bits per heavy atom. The second kappa shape index (κ2) is 7.35. The first-order valence-corrected chi connectivity index (χ1v) is 9.43. The van der Waals surface area contributed by atoms with Crippen LogP contribution in [0.15, 0.2) is 70.7 Å². The Kier molecular flexibility index (Phi) is 4.77. The van der Waals surface area contributed by atoms with Crippen LogP contribution < -0.4 is 5.69 Å². The lowest BCUT2D eigenvalue weighted by Crippen LogP contribution is -2.18. The van der Waals surface area contributed by atoms with Crippen molar-refractivity contribution < 1.29 is 0 Å². The third-order valence-corrected chi connectivity index (χ3v) is 5.42. The lowest BCUT2D eigenvalue weighted by molar-refractivity contribution is 0.687. The number of aromatic nitrogens is 4. The molecule has 2 aromatic heterocycles. The van der Waals surface area contributed by atoms with Crippen molar-refractivity contribution in [3.63, 3.8) is 0 Å². The highest BCUT2D eigenvalue weighted by Crippen LogP contribution is 2.29. The minimum absolute atomic E-state index is 0.213. The molecule has 0 atom stereocenters. The normalized spacial score (nSPS) is 11.1. The summed E-state index contributed by atoms with van der Waals surface area (Å²) in [6.45, 7) is 0.484. The molecule has 0 radical (unpaired) electrons. The van der Waals surface area contributed by atoms with Gasteiger partial charge in [0.25, 0.3) is 0 Å². The van der Waals surface area contributed by atoms with Crippen molar-refractivity contribution in [1.29, 1.82) is 0 Å². The van der Waals surface area contributed by atoms with Crippen LogP contribution in [0, 0.1) is 0 Å². The van der Waals surface area contributed by atoms with Gasteiger partial charge in [0, 0.05) is 22.4 Å². The van der Waals surface area contributed by atoms with E-state index in [9.17, 15) is 4.79 Å². The van der Waals surface area contributed by atoms with Gasteiger partial charge in [-0.05, 0) is 29.3 Å². The average molecular weight is 383 g/mol. The highest BCUT2D eigenvalue weighted by atomic mass is 35.5. The van der Waals surface area contributed by atoms with Crippen molar-refractivity contribution >= 4 is 34.3 Å². The standard InChI is InChI=1S/C19H15ClN4OS/c20-16-9-8-14(17-15(16)7-4-10-21-17)12-26-19-23-22-18(25)24(19)11-13-5-2-1-3-6-13/h1-10H,11-12H2,(H,22,25). The summed E-state index contributed by atoms with van der Waals surface area (Å²) in [6, 6.07) is 17.5. The lowest BCUT2D eigenvalue weighted by atomic mass is 10.1. The molecule has 5 nitrogen and oxygen atoms in total. The number of benzene rings is 2. The molecule has 0 bridgehead atoms. The second-order valence-electron chi connectivity index (χ2n) is 5.78. The molecule has 7 heteroatoms.